The van der Waals surface area contributed by atoms with Crippen LogP contribution in [0, 0.1) is 25.6 Å². The second kappa shape index (κ2) is 9.87. The number of aryl methyl sites for hydroxylation is 2. The Morgan fingerprint density at radius 1 is 1.11 bits per heavy atom. The zero-order valence-corrected chi connectivity index (χ0v) is 20.9. The molecule has 36 heavy (non-hydrogen) atoms. The lowest BCUT2D eigenvalue weighted by atomic mass is 10.0. The van der Waals surface area contributed by atoms with Gasteiger partial charge < -0.3 is 20.4 Å². The van der Waals surface area contributed by atoms with Gasteiger partial charge in [-0.2, -0.15) is 0 Å². The molecule has 3 N–H and O–H groups in total. The van der Waals surface area contributed by atoms with Gasteiger partial charge in [0.15, 0.2) is 0 Å². The maximum absolute atomic E-state index is 15.4. The number of benzene rings is 1. The molecule has 0 bridgehead atoms. The third kappa shape index (κ3) is 4.79. The van der Waals surface area contributed by atoms with Gasteiger partial charge in [0.1, 0.15) is 29.1 Å². The van der Waals surface area contributed by atoms with E-state index in [1.807, 2.05) is 6.92 Å². The lowest BCUT2D eigenvalue weighted by molar-refractivity contribution is -0.121. The molecule has 3 aromatic rings. The number of carbonyl (C=O) groups excluding carboxylic acids is 2. The van der Waals surface area contributed by atoms with Crippen LogP contribution in [0.4, 0.5) is 4.39 Å². The maximum atomic E-state index is 15.4. The van der Waals surface area contributed by atoms with Crippen molar-refractivity contribution in [3.05, 3.63) is 41.1 Å². The van der Waals surface area contributed by atoms with Crippen molar-refractivity contribution in [2.75, 3.05) is 6.61 Å². The van der Waals surface area contributed by atoms with Crippen LogP contribution in [0.5, 0.6) is 5.75 Å². The van der Waals surface area contributed by atoms with Crippen LogP contribution in [0.25, 0.3) is 22.3 Å². The standard InChI is InChI=1S/C27H32FN5O3/c1-4-20(34)32-17-8-9-18(11-17)33-27(35)21-15(3)31-26-24(21)29-13-30-25(26)22-19(36-12-16-6-7-16)10-5-14(2)23(22)28/h5,10,13,16-18,31H,4,6-9,11-12H2,1-3H3,(H,32,34)(H,33,35)/t17-,18-/m0/s1. The van der Waals surface area contributed by atoms with Crippen molar-refractivity contribution in [2.24, 2.45) is 5.92 Å². The van der Waals surface area contributed by atoms with Crippen LogP contribution in [0.1, 0.15) is 67.1 Å². The molecular weight excluding hydrogens is 461 g/mol. The summed E-state index contributed by atoms with van der Waals surface area (Å²) in [5.41, 5.74) is 3.13. The number of nitrogens with one attached hydrogen (secondary N) is 3. The van der Waals surface area contributed by atoms with E-state index in [-0.39, 0.29) is 29.5 Å². The molecule has 2 saturated carbocycles. The van der Waals surface area contributed by atoms with Gasteiger partial charge in [0.2, 0.25) is 5.91 Å². The van der Waals surface area contributed by atoms with E-state index in [1.165, 1.54) is 6.33 Å². The molecule has 2 atom stereocenters. The van der Waals surface area contributed by atoms with E-state index in [1.54, 1.807) is 26.0 Å². The second-order valence-electron chi connectivity index (χ2n) is 10.00. The lowest BCUT2D eigenvalue weighted by Crippen LogP contribution is -2.37. The normalized spacial score (nSPS) is 19.4. The van der Waals surface area contributed by atoms with Gasteiger partial charge in [-0.1, -0.05) is 13.0 Å². The van der Waals surface area contributed by atoms with E-state index in [0.29, 0.717) is 64.7 Å². The highest BCUT2D eigenvalue weighted by Gasteiger charge is 2.30. The Kier molecular flexibility index (Phi) is 6.64. The van der Waals surface area contributed by atoms with Crippen LogP contribution in [-0.4, -0.2) is 45.5 Å². The van der Waals surface area contributed by atoms with Gasteiger partial charge >= 0.3 is 0 Å². The summed E-state index contributed by atoms with van der Waals surface area (Å²) in [6.45, 7) is 5.88. The van der Waals surface area contributed by atoms with E-state index >= 15 is 4.39 Å². The molecule has 0 unspecified atom stereocenters. The zero-order chi connectivity index (χ0) is 25.4. The van der Waals surface area contributed by atoms with Gasteiger partial charge in [0.05, 0.1) is 23.3 Å². The van der Waals surface area contributed by atoms with Crippen molar-refractivity contribution in [3.63, 3.8) is 0 Å². The average Bonchev–Trinajstić information content (AvgIpc) is 3.48. The molecule has 0 spiro atoms. The van der Waals surface area contributed by atoms with E-state index in [4.69, 9.17) is 4.74 Å². The minimum absolute atomic E-state index is 0.0209. The highest BCUT2D eigenvalue weighted by atomic mass is 19.1. The monoisotopic (exact) mass is 493 g/mol. The van der Waals surface area contributed by atoms with Crippen molar-refractivity contribution >= 4 is 22.8 Å². The van der Waals surface area contributed by atoms with Crippen molar-refractivity contribution in [3.8, 4) is 17.0 Å². The molecular formula is C27H32FN5O3. The smallest absolute Gasteiger partial charge is 0.255 e. The Bertz CT molecular complexity index is 1320. The van der Waals surface area contributed by atoms with Crippen molar-refractivity contribution in [1.29, 1.82) is 0 Å². The highest BCUT2D eigenvalue weighted by molar-refractivity contribution is 6.09. The van der Waals surface area contributed by atoms with Crippen LogP contribution >= 0.6 is 0 Å². The summed E-state index contributed by atoms with van der Waals surface area (Å²) < 4.78 is 21.4. The number of fused-ring (bicyclic) bond motifs is 1. The third-order valence-corrected chi connectivity index (χ3v) is 7.16. The quantitative estimate of drug-likeness (QED) is 0.432. The van der Waals surface area contributed by atoms with Crippen LogP contribution in [0.2, 0.25) is 0 Å². The summed E-state index contributed by atoms with van der Waals surface area (Å²) in [6, 6.07) is 3.51. The van der Waals surface area contributed by atoms with Crippen LogP contribution in [0.15, 0.2) is 18.5 Å². The fraction of sp³-hybridized carbons (Fsp3) is 0.481. The Morgan fingerprint density at radius 3 is 2.58 bits per heavy atom. The van der Waals surface area contributed by atoms with Gasteiger partial charge in [-0.05, 0) is 63.5 Å². The van der Waals surface area contributed by atoms with Crippen LogP contribution in [-0.2, 0) is 4.79 Å². The Hall–Kier alpha value is -3.49. The molecule has 190 valence electrons. The number of carbonyl (C=O) groups is 2. The van der Waals surface area contributed by atoms with Gasteiger partial charge in [0, 0.05) is 24.2 Å². The van der Waals surface area contributed by atoms with Crippen molar-refractivity contribution in [2.45, 2.75) is 71.4 Å². The van der Waals surface area contributed by atoms with Gasteiger partial charge in [-0.15, -0.1) is 0 Å². The average molecular weight is 494 g/mol. The minimum Gasteiger partial charge on any atom is -0.492 e. The van der Waals surface area contributed by atoms with E-state index in [0.717, 1.165) is 25.7 Å². The number of halogens is 1. The van der Waals surface area contributed by atoms with Gasteiger partial charge in [-0.25, -0.2) is 14.4 Å². The molecule has 8 nitrogen and oxygen atoms in total. The first-order valence-corrected chi connectivity index (χ1v) is 12.7. The Morgan fingerprint density at radius 2 is 1.86 bits per heavy atom. The van der Waals surface area contributed by atoms with Crippen molar-refractivity contribution < 1.29 is 18.7 Å². The topological polar surface area (TPSA) is 109 Å². The predicted octanol–water partition coefficient (Wildman–Crippen LogP) is 4.35. The highest BCUT2D eigenvalue weighted by Crippen LogP contribution is 2.39. The van der Waals surface area contributed by atoms with Crippen LogP contribution in [0.3, 0.4) is 0 Å². The fourth-order valence-corrected chi connectivity index (χ4v) is 4.92. The molecule has 2 fully saturated rings. The number of hydrogen-bond donors (Lipinski definition) is 3. The SMILES string of the molecule is CCC(=O)N[C@H]1CC[C@H](NC(=O)c2c(C)[nH]c3c(-c4c(OCC5CC5)ccc(C)c4F)ncnc23)C1. The van der Waals surface area contributed by atoms with E-state index in [2.05, 4.69) is 25.6 Å². The number of H-pyrrole nitrogens is 1. The molecule has 0 radical (unpaired) electrons. The second-order valence-corrected chi connectivity index (χ2v) is 10.00. The molecule has 9 heteroatoms. The number of aromatic nitrogens is 3. The van der Waals surface area contributed by atoms with Crippen molar-refractivity contribution in [1.82, 2.24) is 25.6 Å². The number of ether oxygens (including phenoxy) is 1. The number of amides is 2. The zero-order valence-electron chi connectivity index (χ0n) is 20.9. The molecule has 2 aromatic heterocycles. The summed E-state index contributed by atoms with van der Waals surface area (Å²) in [5.74, 6) is 0.335. The molecule has 2 heterocycles. The van der Waals surface area contributed by atoms with Crippen LogP contribution < -0.4 is 15.4 Å². The predicted molar refractivity (Wildman–Crippen MR) is 134 cm³/mol. The number of aromatic amines is 1. The molecule has 1 aromatic carbocycles. The van der Waals surface area contributed by atoms with E-state index in [9.17, 15) is 9.59 Å². The third-order valence-electron chi connectivity index (χ3n) is 7.16. The molecule has 0 saturated heterocycles. The number of hydrogen-bond acceptors (Lipinski definition) is 5. The first kappa shape index (κ1) is 24.2. The number of nitrogens with zero attached hydrogens (tertiary/aromatic N) is 2. The molecule has 2 amide bonds. The summed E-state index contributed by atoms with van der Waals surface area (Å²) in [4.78, 5) is 37.1. The summed E-state index contributed by atoms with van der Waals surface area (Å²) in [6.07, 6.45) is 6.36. The molecule has 5 rings (SSSR count). The first-order chi connectivity index (χ1) is 17.4. The lowest BCUT2D eigenvalue weighted by Gasteiger charge is -2.15. The summed E-state index contributed by atoms with van der Waals surface area (Å²) in [5, 5.41) is 6.10. The Labute approximate surface area is 209 Å². The largest absolute Gasteiger partial charge is 0.492 e. The number of rotatable bonds is 8. The minimum atomic E-state index is -0.396. The maximum Gasteiger partial charge on any atom is 0.255 e. The Balaban J connectivity index is 1.44. The fourth-order valence-electron chi connectivity index (χ4n) is 4.92. The molecule has 2 aliphatic carbocycles. The van der Waals surface area contributed by atoms with E-state index < -0.39 is 5.82 Å². The van der Waals surface area contributed by atoms with Gasteiger partial charge in [-0.3, -0.25) is 9.59 Å². The summed E-state index contributed by atoms with van der Waals surface area (Å²) >= 11 is 0. The summed E-state index contributed by atoms with van der Waals surface area (Å²) in [7, 11) is 0. The van der Waals surface area contributed by atoms with Gasteiger partial charge in [0.25, 0.3) is 5.91 Å². The molecule has 0 aliphatic heterocycles. The first-order valence-electron chi connectivity index (χ1n) is 12.7. The molecule has 2 aliphatic rings.